The molecule has 3 aliphatic rings. The molecule has 0 radical (unpaired) electrons. The van der Waals surface area contributed by atoms with Crippen LogP contribution in [-0.4, -0.2) is 25.8 Å². The second-order valence-electron chi connectivity index (χ2n) is 7.22. The smallest absolute Gasteiger partial charge is 0.209 e. The molecule has 124 valence electrons. The standard InChI is InChI=1S/C19H24O4/c1-11(2)8-9-19-13-7-6-12(10-13)18(19,3)16(20)14(22-4)15(23-5)17(19)21/h6-8,12-13H,9-10H2,1-5H3/t12-,13+,18?,19?/m1/s1. The first kappa shape index (κ1) is 16.0. The average molecular weight is 316 g/mol. The number of Topliss-reactive ketones (excluding diaryl/α,β-unsaturated/α-hetero) is 2. The monoisotopic (exact) mass is 316 g/mol. The zero-order valence-corrected chi connectivity index (χ0v) is 14.4. The number of hydrogen-bond acceptors (Lipinski definition) is 4. The highest BCUT2D eigenvalue weighted by atomic mass is 16.5. The first-order valence-corrected chi connectivity index (χ1v) is 8.08. The summed E-state index contributed by atoms with van der Waals surface area (Å²) in [7, 11) is 2.86. The molecule has 3 rings (SSSR count). The second kappa shape index (κ2) is 5.08. The van der Waals surface area contributed by atoms with Crippen molar-refractivity contribution in [3.63, 3.8) is 0 Å². The van der Waals surface area contributed by atoms with Gasteiger partial charge in [0.2, 0.25) is 23.1 Å². The summed E-state index contributed by atoms with van der Waals surface area (Å²) in [5.74, 6) is 0.127. The van der Waals surface area contributed by atoms with Crippen LogP contribution in [0, 0.1) is 22.7 Å². The molecule has 2 bridgehead atoms. The van der Waals surface area contributed by atoms with Crippen molar-refractivity contribution in [2.45, 2.75) is 33.6 Å². The van der Waals surface area contributed by atoms with Crippen LogP contribution in [-0.2, 0) is 19.1 Å². The lowest BCUT2D eigenvalue weighted by molar-refractivity contribution is -0.153. The predicted octanol–water partition coefficient (Wildman–Crippen LogP) is 3.20. The molecule has 0 heterocycles. The molecule has 0 N–H and O–H groups in total. The number of hydrogen-bond donors (Lipinski definition) is 0. The van der Waals surface area contributed by atoms with Crippen molar-refractivity contribution in [1.29, 1.82) is 0 Å². The van der Waals surface area contributed by atoms with E-state index in [-0.39, 0.29) is 34.9 Å². The maximum absolute atomic E-state index is 13.4. The summed E-state index contributed by atoms with van der Waals surface area (Å²) in [4.78, 5) is 26.6. The molecular formula is C19H24O4. The third-order valence-electron chi connectivity index (χ3n) is 6.12. The molecule has 0 aromatic rings. The fourth-order valence-corrected chi connectivity index (χ4v) is 4.82. The Bertz CT molecular complexity index is 665. The lowest BCUT2D eigenvalue weighted by Gasteiger charge is -2.49. The highest BCUT2D eigenvalue weighted by Gasteiger charge is 2.73. The number of fused-ring (bicyclic) bond motifs is 5. The van der Waals surface area contributed by atoms with E-state index < -0.39 is 10.8 Å². The fraction of sp³-hybridized carbons (Fsp3) is 0.579. The van der Waals surface area contributed by atoms with Gasteiger partial charge < -0.3 is 9.47 Å². The lowest BCUT2D eigenvalue weighted by atomic mass is 9.51. The molecule has 0 spiro atoms. The summed E-state index contributed by atoms with van der Waals surface area (Å²) in [6, 6.07) is 0. The van der Waals surface area contributed by atoms with Crippen LogP contribution in [0.15, 0.2) is 35.3 Å². The summed E-state index contributed by atoms with van der Waals surface area (Å²) >= 11 is 0. The first-order chi connectivity index (χ1) is 10.8. The van der Waals surface area contributed by atoms with E-state index in [1.807, 2.05) is 20.8 Å². The van der Waals surface area contributed by atoms with Crippen LogP contribution in [0.1, 0.15) is 33.6 Å². The van der Waals surface area contributed by atoms with Crippen molar-refractivity contribution in [2.24, 2.45) is 22.7 Å². The Labute approximate surface area is 137 Å². The minimum Gasteiger partial charge on any atom is -0.490 e. The molecule has 4 atom stereocenters. The number of ether oxygens (including phenoxy) is 2. The number of carbonyl (C=O) groups excluding carboxylic acids is 2. The van der Waals surface area contributed by atoms with Crippen LogP contribution in [0.4, 0.5) is 0 Å². The van der Waals surface area contributed by atoms with Gasteiger partial charge >= 0.3 is 0 Å². The van der Waals surface area contributed by atoms with Gasteiger partial charge in [-0.1, -0.05) is 30.7 Å². The second-order valence-corrected chi connectivity index (χ2v) is 7.22. The number of allylic oxidation sites excluding steroid dienone is 6. The van der Waals surface area contributed by atoms with Gasteiger partial charge in [0.15, 0.2) is 0 Å². The van der Waals surface area contributed by atoms with Crippen molar-refractivity contribution in [3.8, 4) is 0 Å². The molecule has 0 amide bonds. The van der Waals surface area contributed by atoms with E-state index in [9.17, 15) is 9.59 Å². The third kappa shape index (κ3) is 1.72. The van der Waals surface area contributed by atoms with Crippen LogP contribution in [0.3, 0.4) is 0 Å². The first-order valence-electron chi connectivity index (χ1n) is 8.08. The van der Waals surface area contributed by atoms with Crippen LogP contribution in [0.2, 0.25) is 0 Å². The van der Waals surface area contributed by atoms with Gasteiger partial charge in [-0.3, -0.25) is 9.59 Å². The molecule has 2 unspecified atom stereocenters. The fourth-order valence-electron chi connectivity index (χ4n) is 4.82. The van der Waals surface area contributed by atoms with E-state index in [0.29, 0.717) is 6.42 Å². The third-order valence-corrected chi connectivity index (χ3v) is 6.12. The van der Waals surface area contributed by atoms with Gasteiger partial charge in [0.1, 0.15) is 0 Å². The highest BCUT2D eigenvalue weighted by molar-refractivity contribution is 6.16. The van der Waals surface area contributed by atoms with E-state index in [2.05, 4.69) is 18.2 Å². The Balaban J connectivity index is 2.26. The normalized spacial score (nSPS) is 38.0. The molecule has 3 aliphatic carbocycles. The van der Waals surface area contributed by atoms with Gasteiger partial charge in [-0.15, -0.1) is 0 Å². The minimum atomic E-state index is -0.761. The zero-order valence-electron chi connectivity index (χ0n) is 14.4. The van der Waals surface area contributed by atoms with Crippen LogP contribution < -0.4 is 0 Å². The molecule has 4 nitrogen and oxygen atoms in total. The van der Waals surface area contributed by atoms with Gasteiger partial charge in [-0.2, -0.15) is 0 Å². The summed E-state index contributed by atoms with van der Waals surface area (Å²) in [5, 5.41) is 0. The Hall–Kier alpha value is -1.84. The van der Waals surface area contributed by atoms with Crippen molar-refractivity contribution in [1.82, 2.24) is 0 Å². The maximum atomic E-state index is 13.4. The van der Waals surface area contributed by atoms with Crippen LogP contribution >= 0.6 is 0 Å². The van der Waals surface area contributed by atoms with Crippen molar-refractivity contribution in [3.05, 3.63) is 35.3 Å². The summed E-state index contributed by atoms with van der Waals surface area (Å²) in [6.07, 6.45) is 7.69. The Kier molecular flexibility index (Phi) is 3.54. The molecule has 0 aromatic heterocycles. The van der Waals surface area contributed by atoms with Crippen molar-refractivity contribution < 1.29 is 19.1 Å². The molecular weight excluding hydrogens is 292 g/mol. The van der Waals surface area contributed by atoms with Crippen molar-refractivity contribution in [2.75, 3.05) is 14.2 Å². The van der Waals surface area contributed by atoms with Crippen molar-refractivity contribution >= 4 is 11.6 Å². The number of methoxy groups -OCH3 is 2. The molecule has 1 fully saturated rings. The van der Waals surface area contributed by atoms with Gasteiger partial charge in [0.05, 0.1) is 25.0 Å². The molecule has 0 aliphatic heterocycles. The van der Waals surface area contributed by atoms with Gasteiger partial charge in [0, 0.05) is 0 Å². The lowest BCUT2D eigenvalue weighted by Crippen LogP contribution is -2.57. The summed E-state index contributed by atoms with van der Waals surface area (Å²) in [6.45, 7) is 5.96. The molecule has 0 saturated heterocycles. The van der Waals surface area contributed by atoms with Gasteiger partial charge in [-0.05, 0) is 38.5 Å². The van der Waals surface area contributed by atoms with Crippen LogP contribution in [0.5, 0.6) is 0 Å². The van der Waals surface area contributed by atoms with E-state index >= 15 is 0 Å². The van der Waals surface area contributed by atoms with Crippen LogP contribution in [0.25, 0.3) is 0 Å². The predicted molar refractivity (Wildman–Crippen MR) is 86.4 cm³/mol. The maximum Gasteiger partial charge on any atom is 0.209 e. The number of rotatable bonds is 4. The quantitative estimate of drug-likeness (QED) is 0.747. The molecule has 4 heteroatoms. The topological polar surface area (TPSA) is 52.6 Å². The number of carbonyl (C=O) groups is 2. The van der Waals surface area contributed by atoms with Gasteiger partial charge in [-0.25, -0.2) is 0 Å². The van der Waals surface area contributed by atoms with Gasteiger partial charge in [0.25, 0.3) is 0 Å². The van der Waals surface area contributed by atoms with E-state index in [1.54, 1.807) is 0 Å². The van der Waals surface area contributed by atoms with E-state index in [4.69, 9.17) is 9.47 Å². The summed E-state index contributed by atoms with van der Waals surface area (Å²) in [5.41, 5.74) is -0.369. The highest BCUT2D eigenvalue weighted by Crippen LogP contribution is 2.69. The largest absolute Gasteiger partial charge is 0.490 e. The Morgan fingerprint density at radius 2 is 1.70 bits per heavy atom. The molecule has 0 aromatic carbocycles. The SMILES string of the molecule is COC1=C(OC)C(=O)C2(CC=C(C)C)[C@H]3C=C[C@H](C3)C2(C)C1=O. The number of ketones is 2. The molecule has 1 saturated carbocycles. The molecule has 23 heavy (non-hydrogen) atoms. The minimum absolute atomic E-state index is 0.0770. The Morgan fingerprint density at radius 1 is 1.13 bits per heavy atom. The van der Waals surface area contributed by atoms with E-state index in [0.717, 1.165) is 12.0 Å². The Morgan fingerprint density at radius 3 is 2.26 bits per heavy atom. The summed E-state index contributed by atoms with van der Waals surface area (Å²) < 4.78 is 10.6. The zero-order chi connectivity index (χ0) is 17.0. The van der Waals surface area contributed by atoms with E-state index in [1.165, 1.54) is 14.2 Å². The average Bonchev–Trinajstić information content (AvgIpc) is 3.09.